The predicted molar refractivity (Wildman–Crippen MR) is 520 cm³/mol. The Hall–Kier alpha value is 2.76. The fourth-order valence-corrected chi connectivity index (χ4v) is 92.6. The summed E-state index contributed by atoms with van der Waals surface area (Å²) in [7, 11) is -31.1. The molecule has 0 spiro atoms. The van der Waals surface area contributed by atoms with Crippen LogP contribution in [0, 0.1) is 5.92 Å². The van der Waals surface area contributed by atoms with E-state index in [2.05, 4.69) is 315 Å². The highest BCUT2D eigenvalue weighted by atomic mass is 28.5. The van der Waals surface area contributed by atoms with Gasteiger partial charge in [0.2, 0.25) is 0 Å². The minimum atomic E-state index is -2.75. The van der Waals surface area contributed by atoms with E-state index in [0.717, 1.165) is 96.2 Å². The van der Waals surface area contributed by atoms with E-state index < -0.39 is 152 Å². The Morgan fingerprint density at radius 2 is 0.731 bits per heavy atom. The van der Waals surface area contributed by atoms with Crippen molar-refractivity contribution < 1.29 is 57.9 Å². The molecule has 0 saturated heterocycles. The number of rotatable bonds is 53. The molecule has 0 aliphatic carbocycles. The molecule has 10 N–H and O–H groups in total. The van der Waals surface area contributed by atoms with Crippen LogP contribution >= 0.6 is 0 Å². The normalized spacial score (nSPS) is 15.7. The highest BCUT2D eigenvalue weighted by molar-refractivity contribution is 6.92. The first-order valence-corrected chi connectivity index (χ1v) is 94.1. The first-order chi connectivity index (χ1) is 47.3. The number of nitrogens with two attached hydrogens (primary N) is 3. The zero-order valence-corrected chi connectivity index (χ0v) is 97.1. The lowest BCUT2D eigenvalue weighted by Gasteiger charge is -2.43. The number of hydrogen-bond acceptors (Lipinski definition) is 22. The Labute approximate surface area is 691 Å². The highest BCUT2D eigenvalue weighted by Gasteiger charge is 2.51. The maximum Gasteiger partial charge on any atom is 0.481 e. The molecule has 22 nitrogen and oxygen atoms in total. The average molecular weight is 1850 g/mol. The first-order valence-electron chi connectivity index (χ1n) is 40.3. The van der Waals surface area contributed by atoms with Crippen LogP contribution in [-0.2, 0) is 57.9 Å². The molecule has 0 aromatic rings. The molecule has 0 radical (unpaired) electrons. The van der Waals surface area contributed by atoms with Crippen molar-refractivity contribution >= 4 is 152 Å². The molecule has 4 unspecified atom stereocenters. The van der Waals surface area contributed by atoms with Gasteiger partial charge in [-0.1, -0.05) is 40.3 Å². The Kier molecular flexibility index (Phi) is 59.5. The highest BCUT2D eigenvalue weighted by Crippen LogP contribution is 2.33. The standard InChI is InChI=1S/C17H42N2O2Si3.C14H40N2O4Si4.C14H40N2O3Si4.C12H35NO3Si4.C10H29NO2Si3.CH4/c1-12-19(14-16(2)3)23(8,9)21-24(10,11)20-22(6,7)15-17(4)13-18-5;1-17-24(19-22(5,6)7,14-10-12-16-13-11-15)20-23(8,9)18-21(2,3)4;1-20(2,3)17-22(7,8)19-23(9,18-21(4,5)6)14-10-12-16-13-11-15;1-17(2,3)14-19(7,8)16-20(9,12-10-11-13)15-18(4,5)6;1-9-10-11-15(5,6)13-16(7,8)12-14(2,3)4;/h17-18H,2,12-15H2,1,3-11H3;16H,10-15H2,1-9H3;16H,10-15H2,1-9H3;10-13H2,1-9H3;11H,9-10H2,1-8H3;1H4. The number of nitrogens with zero attached hydrogens (tertiary/aromatic N) is 1. The van der Waals surface area contributed by atoms with Gasteiger partial charge in [0.05, 0.1) is 0 Å². The molecular weight excluding hydrogens is 1660 g/mol. The van der Waals surface area contributed by atoms with Gasteiger partial charge in [-0.15, -0.1) is 0 Å². The minimum Gasteiger partial charge on any atom is -0.437 e. The van der Waals surface area contributed by atoms with Crippen LogP contribution in [0.2, 0.25) is 280 Å². The monoisotopic (exact) mass is 1850 g/mol. The first kappa shape index (κ1) is 122. The molecule has 4 atom stereocenters. The second-order valence-electron chi connectivity index (χ2n) is 39.9. The zero-order chi connectivity index (χ0) is 85.9. The van der Waals surface area contributed by atoms with Crippen LogP contribution in [0.25, 0.3) is 0 Å². The second kappa shape index (κ2) is 52.8. The summed E-state index contributed by atoms with van der Waals surface area (Å²) in [6, 6.07) is 3.93. The molecule has 40 heteroatoms. The molecule has 0 aromatic carbocycles. The van der Waals surface area contributed by atoms with E-state index in [1.807, 2.05) is 7.05 Å². The third kappa shape index (κ3) is 75.0. The Morgan fingerprint density at radius 3 is 1.04 bits per heavy atom. The van der Waals surface area contributed by atoms with E-state index in [1.165, 1.54) is 11.6 Å². The molecule has 0 aliphatic heterocycles. The van der Waals surface area contributed by atoms with Gasteiger partial charge in [-0.2, -0.15) is 0 Å². The van der Waals surface area contributed by atoms with Crippen LogP contribution in [0.1, 0.15) is 60.8 Å². The van der Waals surface area contributed by atoms with Crippen molar-refractivity contribution in [3.05, 3.63) is 12.2 Å². The molecule has 0 bridgehead atoms. The Morgan fingerprint density at radius 1 is 0.398 bits per heavy atom. The molecular formula is C68H190N8O14Si18. The van der Waals surface area contributed by atoms with Crippen LogP contribution in [0.15, 0.2) is 12.2 Å². The maximum absolute atomic E-state index is 6.72. The van der Waals surface area contributed by atoms with Crippen molar-refractivity contribution in [3.8, 4) is 0 Å². The Bertz CT molecular complexity index is 2350. The quantitative estimate of drug-likeness (QED) is 0.0170. The lowest BCUT2D eigenvalue weighted by molar-refractivity contribution is 0.181. The van der Waals surface area contributed by atoms with Gasteiger partial charge in [0.25, 0.3) is 17.0 Å². The van der Waals surface area contributed by atoms with Gasteiger partial charge in [0.15, 0.2) is 66.5 Å². The Balaban J connectivity index is -0.000000302. The molecule has 0 heterocycles. The van der Waals surface area contributed by atoms with Crippen molar-refractivity contribution in [2.75, 3.05) is 86.1 Å². The third-order valence-electron chi connectivity index (χ3n) is 14.0. The second-order valence-corrected chi connectivity index (χ2v) is 113. The summed E-state index contributed by atoms with van der Waals surface area (Å²) in [5, 5.41) is 9.95. The van der Waals surface area contributed by atoms with Crippen LogP contribution in [0.4, 0.5) is 0 Å². The number of likely N-dealkylation sites (N-methyl/N-ethyl adjacent to an activating group) is 1. The molecule has 0 rings (SSSR count). The zero-order valence-electron chi connectivity index (χ0n) is 79.1. The van der Waals surface area contributed by atoms with Crippen molar-refractivity contribution in [3.63, 3.8) is 0 Å². The summed E-state index contributed by atoms with van der Waals surface area (Å²) in [4.78, 5) is 3.54. The largest absolute Gasteiger partial charge is 0.481 e. The maximum atomic E-state index is 6.72. The van der Waals surface area contributed by atoms with Gasteiger partial charge in [-0.25, -0.2) is 0 Å². The van der Waals surface area contributed by atoms with Gasteiger partial charge in [0, 0.05) is 45.9 Å². The van der Waals surface area contributed by atoms with Crippen molar-refractivity contribution in [2.24, 2.45) is 23.1 Å². The molecule has 0 aromatic heterocycles. The molecule has 658 valence electrons. The summed E-state index contributed by atoms with van der Waals surface area (Å²) in [6.45, 7) is 109. The SMILES string of the molecule is C.C=C(C)CN(CC)[Si](C)(C)O[Si](C)(C)O[Si](C)(C)CC(C)CNC.CCCN[Si](C)(C)O[Si](C)(C)O[Si](C)(C)C.CO[Si](CCCNCCN)(O[Si](C)(C)C)O[Si](C)(C)O[Si](C)(C)C.C[Si](C)(C)O[Si](C)(C)O[Si](C)(CCCN)O[Si](C)(C)C.C[Si](C)(C)O[Si](C)(C)O[Si](C)(CCCNCCN)O[Si](C)(C)C. The van der Waals surface area contributed by atoms with Gasteiger partial charge in [0.1, 0.15) is 0 Å². The van der Waals surface area contributed by atoms with Gasteiger partial charge < -0.3 is 96.1 Å². The minimum absolute atomic E-state index is 0. The topological polar surface area (TPSA) is 259 Å². The van der Waals surface area contributed by atoms with E-state index in [1.54, 1.807) is 7.11 Å². The van der Waals surface area contributed by atoms with Crippen LogP contribution in [-0.4, -0.2) is 243 Å². The fourth-order valence-electron chi connectivity index (χ4n) is 13.3. The van der Waals surface area contributed by atoms with Gasteiger partial charge in [-0.3, -0.25) is 4.57 Å². The molecule has 0 amide bonds. The van der Waals surface area contributed by atoms with Crippen LogP contribution < -0.4 is 38.1 Å². The summed E-state index contributed by atoms with van der Waals surface area (Å²) >= 11 is 0. The number of nitrogens with one attached hydrogen (secondary N) is 4. The predicted octanol–water partition coefficient (Wildman–Crippen LogP) is 18.5. The average Bonchev–Trinajstić information content (AvgIpc) is 0.834. The smallest absolute Gasteiger partial charge is 0.437 e. The van der Waals surface area contributed by atoms with E-state index in [-0.39, 0.29) is 7.43 Å². The van der Waals surface area contributed by atoms with E-state index in [4.69, 9.17) is 75.1 Å². The van der Waals surface area contributed by atoms with E-state index in [0.29, 0.717) is 25.6 Å². The summed E-state index contributed by atoms with van der Waals surface area (Å²) in [6.07, 6.45) is 4.12. The summed E-state index contributed by atoms with van der Waals surface area (Å²) in [5.74, 6) is 0.641. The third-order valence-corrected chi connectivity index (χ3v) is 75.3. The molecule has 108 heavy (non-hydrogen) atoms. The summed E-state index contributed by atoms with van der Waals surface area (Å²) < 4.78 is 92.5. The van der Waals surface area contributed by atoms with Crippen molar-refractivity contribution in [1.82, 2.24) is 25.5 Å². The lowest BCUT2D eigenvalue weighted by Crippen LogP contribution is -2.60. The number of hydrogen-bond donors (Lipinski definition) is 7. The van der Waals surface area contributed by atoms with Crippen molar-refractivity contribution in [1.29, 1.82) is 0 Å². The fraction of sp³-hybridized carbons (Fsp3) is 0.971. The van der Waals surface area contributed by atoms with Crippen molar-refractivity contribution in [2.45, 2.75) is 340 Å². The molecule has 0 saturated carbocycles. The van der Waals surface area contributed by atoms with E-state index >= 15 is 0 Å². The van der Waals surface area contributed by atoms with Gasteiger partial charge >= 0.3 is 68.7 Å². The lowest BCUT2D eigenvalue weighted by atomic mass is 10.2. The van der Waals surface area contributed by atoms with Crippen LogP contribution in [0.3, 0.4) is 0 Å². The van der Waals surface area contributed by atoms with Crippen LogP contribution in [0.5, 0.6) is 0 Å². The van der Waals surface area contributed by atoms with Gasteiger partial charge in [-0.05, 0) is 358 Å². The summed E-state index contributed by atoms with van der Waals surface area (Å²) in [5.41, 5.74) is 17.9. The van der Waals surface area contributed by atoms with E-state index in [9.17, 15) is 0 Å². The molecule has 0 aliphatic rings. The molecule has 0 fully saturated rings.